The molecule has 0 aliphatic rings. The van der Waals surface area contributed by atoms with E-state index in [9.17, 15) is 0 Å². The molecule has 0 aliphatic carbocycles. The lowest BCUT2D eigenvalue weighted by atomic mass is 9.99. The quantitative estimate of drug-likeness (QED) is 0.567. The molecule has 2 aromatic rings. The van der Waals surface area contributed by atoms with Crippen LogP contribution in [0.3, 0.4) is 0 Å². The first-order chi connectivity index (χ1) is 9.70. The van der Waals surface area contributed by atoms with Crippen molar-refractivity contribution in [2.24, 2.45) is 0 Å². The van der Waals surface area contributed by atoms with Gasteiger partial charge in [0.1, 0.15) is 5.75 Å². The molecule has 0 fully saturated rings. The summed E-state index contributed by atoms with van der Waals surface area (Å²) in [6, 6.07) is 13.1. The Morgan fingerprint density at radius 2 is 1.65 bits per heavy atom. The maximum Gasteiger partial charge on any atom is 0.119 e. The van der Waals surface area contributed by atoms with E-state index in [1.54, 1.807) is 0 Å². The first-order valence-electron chi connectivity index (χ1n) is 7.87. The highest BCUT2D eigenvalue weighted by molar-refractivity contribution is 5.84. The average Bonchev–Trinajstić information content (AvgIpc) is 2.46. The molecule has 0 aliphatic heterocycles. The van der Waals surface area contributed by atoms with E-state index in [-0.39, 0.29) is 0 Å². The van der Waals surface area contributed by atoms with Gasteiger partial charge in [0.05, 0.1) is 6.61 Å². The second-order valence-electron chi connectivity index (χ2n) is 5.83. The molecule has 0 bridgehead atoms. The Hall–Kier alpha value is -1.50. The van der Waals surface area contributed by atoms with Gasteiger partial charge in [0.2, 0.25) is 0 Å². The van der Waals surface area contributed by atoms with Crippen molar-refractivity contribution in [2.75, 3.05) is 6.61 Å². The fourth-order valence-corrected chi connectivity index (χ4v) is 2.41. The van der Waals surface area contributed by atoms with Crippen molar-refractivity contribution in [1.82, 2.24) is 0 Å². The van der Waals surface area contributed by atoms with E-state index in [1.165, 1.54) is 35.6 Å². The maximum atomic E-state index is 5.84. The van der Waals surface area contributed by atoms with Gasteiger partial charge in [-0.05, 0) is 40.8 Å². The molecule has 2 rings (SSSR count). The summed E-state index contributed by atoms with van der Waals surface area (Å²) >= 11 is 0. The second-order valence-corrected chi connectivity index (χ2v) is 5.83. The van der Waals surface area contributed by atoms with E-state index in [1.807, 2.05) is 0 Å². The number of benzene rings is 2. The Morgan fingerprint density at radius 3 is 2.40 bits per heavy atom. The van der Waals surface area contributed by atoms with Gasteiger partial charge in [0, 0.05) is 0 Å². The van der Waals surface area contributed by atoms with Crippen molar-refractivity contribution in [3.63, 3.8) is 0 Å². The summed E-state index contributed by atoms with van der Waals surface area (Å²) in [5.41, 5.74) is 1.39. The Labute approximate surface area is 123 Å². The third-order valence-electron chi connectivity index (χ3n) is 3.77. The van der Waals surface area contributed by atoms with Crippen molar-refractivity contribution in [1.29, 1.82) is 0 Å². The fourth-order valence-electron chi connectivity index (χ4n) is 2.41. The van der Waals surface area contributed by atoms with Gasteiger partial charge in [0.15, 0.2) is 0 Å². The Morgan fingerprint density at radius 1 is 0.900 bits per heavy atom. The van der Waals surface area contributed by atoms with Crippen molar-refractivity contribution in [2.45, 2.75) is 52.4 Å². The van der Waals surface area contributed by atoms with Gasteiger partial charge in [-0.3, -0.25) is 0 Å². The van der Waals surface area contributed by atoms with Crippen molar-refractivity contribution >= 4 is 10.8 Å². The predicted molar refractivity (Wildman–Crippen MR) is 87.7 cm³/mol. The van der Waals surface area contributed by atoms with Gasteiger partial charge < -0.3 is 4.74 Å². The lowest BCUT2D eigenvalue weighted by Crippen LogP contribution is -1.97. The Bertz CT molecular complexity index is 542. The van der Waals surface area contributed by atoms with Crippen LogP contribution in [0.4, 0.5) is 0 Å². The zero-order valence-corrected chi connectivity index (χ0v) is 13.0. The molecule has 0 N–H and O–H groups in total. The average molecular weight is 270 g/mol. The predicted octanol–water partition coefficient (Wildman–Crippen LogP) is 5.92. The molecule has 2 aromatic carbocycles. The smallest absolute Gasteiger partial charge is 0.119 e. The van der Waals surface area contributed by atoms with Crippen LogP contribution >= 0.6 is 0 Å². The molecule has 0 spiro atoms. The lowest BCUT2D eigenvalue weighted by molar-refractivity contribution is 0.305. The molecule has 0 heterocycles. The summed E-state index contributed by atoms with van der Waals surface area (Å²) in [5, 5.41) is 2.56. The van der Waals surface area contributed by atoms with E-state index in [2.05, 4.69) is 57.2 Å². The number of hydrogen-bond acceptors (Lipinski definition) is 1. The van der Waals surface area contributed by atoms with Gasteiger partial charge in [-0.1, -0.05) is 64.3 Å². The molecular formula is C19H26O. The number of fused-ring (bicyclic) bond motifs is 1. The van der Waals surface area contributed by atoms with Crippen LogP contribution in [0.5, 0.6) is 5.75 Å². The molecule has 20 heavy (non-hydrogen) atoms. The fraction of sp³-hybridized carbons (Fsp3) is 0.474. The monoisotopic (exact) mass is 270 g/mol. The van der Waals surface area contributed by atoms with E-state index in [0.717, 1.165) is 18.8 Å². The number of unbranched alkanes of at least 4 members (excludes halogenated alkanes) is 3. The zero-order valence-electron chi connectivity index (χ0n) is 13.0. The maximum absolute atomic E-state index is 5.84. The summed E-state index contributed by atoms with van der Waals surface area (Å²) in [6.45, 7) is 7.52. The van der Waals surface area contributed by atoms with Crippen LogP contribution < -0.4 is 4.74 Å². The summed E-state index contributed by atoms with van der Waals surface area (Å²) < 4.78 is 5.84. The van der Waals surface area contributed by atoms with E-state index in [0.29, 0.717) is 5.92 Å². The van der Waals surface area contributed by atoms with Gasteiger partial charge >= 0.3 is 0 Å². The highest BCUT2D eigenvalue weighted by Gasteiger charge is 2.02. The Balaban J connectivity index is 2.00. The van der Waals surface area contributed by atoms with E-state index in [4.69, 9.17) is 4.74 Å². The van der Waals surface area contributed by atoms with Crippen LogP contribution in [0.15, 0.2) is 36.4 Å². The van der Waals surface area contributed by atoms with Crippen molar-refractivity contribution in [3.8, 4) is 5.75 Å². The summed E-state index contributed by atoms with van der Waals surface area (Å²) in [7, 11) is 0. The topological polar surface area (TPSA) is 9.23 Å². The molecule has 0 aromatic heterocycles. The van der Waals surface area contributed by atoms with Gasteiger partial charge in [-0.2, -0.15) is 0 Å². The molecule has 1 nitrogen and oxygen atoms in total. The summed E-state index contributed by atoms with van der Waals surface area (Å²) in [6.07, 6.45) is 4.99. The molecule has 0 radical (unpaired) electrons. The minimum absolute atomic E-state index is 0.578. The van der Waals surface area contributed by atoms with Crippen LogP contribution in [0.25, 0.3) is 10.8 Å². The summed E-state index contributed by atoms with van der Waals surface area (Å²) in [5.74, 6) is 1.57. The molecule has 0 unspecified atom stereocenters. The number of hydrogen-bond donors (Lipinski definition) is 0. The molecule has 1 heteroatoms. The van der Waals surface area contributed by atoms with Gasteiger partial charge in [-0.25, -0.2) is 0 Å². The van der Waals surface area contributed by atoms with Crippen molar-refractivity contribution < 1.29 is 4.74 Å². The normalized spacial score (nSPS) is 11.2. The van der Waals surface area contributed by atoms with Crippen molar-refractivity contribution in [3.05, 3.63) is 42.0 Å². The molecule has 108 valence electrons. The Kier molecular flexibility index (Phi) is 5.46. The highest BCUT2D eigenvalue weighted by atomic mass is 16.5. The molecule has 0 saturated carbocycles. The number of rotatable bonds is 7. The first-order valence-corrected chi connectivity index (χ1v) is 7.87. The van der Waals surface area contributed by atoms with Gasteiger partial charge in [-0.15, -0.1) is 0 Å². The molecule has 0 amide bonds. The summed E-state index contributed by atoms with van der Waals surface area (Å²) in [4.78, 5) is 0. The van der Waals surface area contributed by atoms with Crippen LogP contribution in [0, 0.1) is 0 Å². The minimum Gasteiger partial charge on any atom is -0.494 e. The third kappa shape index (κ3) is 4.00. The number of ether oxygens (including phenoxy) is 1. The standard InChI is InChI=1S/C19H26O/c1-4-5-6-7-12-20-19-11-10-17-13-16(15(2)3)8-9-18(17)14-19/h8-11,13-15H,4-7,12H2,1-3H3. The lowest BCUT2D eigenvalue weighted by Gasteiger charge is -2.09. The largest absolute Gasteiger partial charge is 0.494 e. The second kappa shape index (κ2) is 7.33. The zero-order chi connectivity index (χ0) is 14.4. The molecule has 0 saturated heterocycles. The SMILES string of the molecule is CCCCCCOc1ccc2cc(C(C)C)ccc2c1. The van der Waals surface area contributed by atoms with Crippen LogP contribution in [0.1, 0.15) is 57.9 Å². The third-order valence-corrected chi connectivity index (χ3v) is 3.77. The molecule has 0 atom stereocenters. The minimum atomic E-state index is 0.578. The van der Waals surface area contributed by atoms with Crippen LogP contribution in [-0.2, 0) is 0 Å². The van der Waals surface area contributed by atoms with Crippen LogP contribution in [0.2, 0.25) is 0 Å². The highest BCUT2D eigenvalue weighted by Crippen LogP contribution is 2.25. The van der Waals surface area contributed by atoms with Gasteiger partial charge in [0.25, 0.3) is 0 Å². The first kappa shape index (κ1) is 14.9. The molecular weight excluding hydrogens is 244 g/mol. The van der Waals surface area contributed by atoms with E-state index < -0.39 is 0 Å². The van der Waals surface area contributed by atoms with Crippen LogP contribution in [-0.4, -0.2) is 6.61 Å². The van der Waals surface area contributed by atoms with E-state index >= 15 is 0 Å².